The first kappa shape index (κ1) is 14.5. The van der Waals surface area contributed by atoms with Gasteiger partial charge in [-0.25, -0.2) is 9.37 Å². The van der Waals surface area contributed by atoms with Crippen molar-refractivity contribution in [2.24, 2.45) is 0 Å². The summed E-state index contributed by atoms with van der Waals surface area (Å²) >= 11 is 1.52. The molecular weight excluding hydrogens is 288 g/mol. The molecule has 0 radical (unpaired) electrons. The third kappa shape index (κ3) is 3.55. The number of thiazole rings is 1. The number of nitro groups is 1. The summed E-state index contributed by atoms with van der Waals surface area (Å²) < 4.78 is 26.6. The van der Waals surface area contributed by atoms with Crippen LogP contribution in [0.4, 0.5) is 14.5 Å². The van der Waals surface area contributed by atoms with Crippen LogP contribution in [0.3, 0.4) is 0 Å². The molecule has 0 aliphatic carbocycles. The van der Waals surface area contributed by atoms with Gasteiger partial charge in [-0.3, -0.25) is 10.1 Å². The standard InChI is InChI=1S/C12H11F2N3O2S/c13-9-6-10(14)11(17(18)19)5-8(9)7-15-2-1-12-16-3-4-20-12/h3-6,15H,1-2,7H2. The molecular formula is C12H11F2N3O2S. The summed E-state index contributed by atoms with van der Waals surface area (Å²) in [6, 6.07) is 1.46. The molecule has 0 saturated carbocycles. The van der Waals surface area contributed by atoms with Crippen LogP contribution in [0.25, 0.3) is 0 Å². The topological polar surface area (TPSA) is 68.1 Å². The van der Waals surface area contributed by atoms with Gasteiger partial charge in [0.15, 0.2) is 0 Å². The second-order valence-electron chi connectivity index (χ2n) is 4.00. The van der Waals surface area contributed by atoms with Crippen LogP contribution in [-0.4, -0.2) is 16.5 Å². The first-order valence-electron chi connectivity index (χ1n) is 5.79. The molecule has 5 nitrogen and oxygen atoms in total. The Kier molecular flexibility index (Phi) is 4.70. The number of nitrogens with one attached hydrogen (secondary N) is 1. The van der Waals surface area contributed by atoms with Crippen molar-refractivity contribution in [1.29, 1.82) is 0 Å². The smallest absolute Gasteiger partial charge is 0.305 e. The number of rotatable bonds is 6. The van der Waals surface area contributed by atoms with Gasteiger partial charge in [-0.05, 0) is 0 Å². The van der Waals surface area contributed by atoms with Crippen LogP contribution < -0.4 is 5.32 Å². The summed E-state index contributed by atoms with van der Waals surface area (Å²) in [4.78, 5) is 13.8. The van der Waals surface area contributed by atoms with Crippen LogP contribution in [0.5, 0.6) is 0 Å². The first-order chi connectivity index (χ1) is 9.58. The highest BCUT2D eigenvalue weighted by molar-refractivity contribution is 7.09. The van der Waals surface area contributed by atoms with E-state index in [1.807, 2.05) is 5.38 Å². The van der Waals surface area contributed by atoms with E-state index in [0.717, 1.165) is 11.1 Å². The van der Waals surface area contributed by atoms with Crippen LogP contribution in [0.2, 0.25) is 0 Å². The molecule has 1 N–H and O–H groups in total. The average molecular weight is 299 g/mol. The molecule has 0 spiro atoms. The Labute approximate surface area is 117 Å². The molecule has 1 heterocycles. The Morgan fingerprint density at radius 1 is 1.35 bits per heavy atom. The SMILES string of the molecule is O=[N+]([O-])c1cc(CNCCc2nccs2)c(F)cc1F. The van der Waals surface area contributed by atoms with Gasteiger partial charge >= 0.3 is 5.69 Å². The maximum Gasteiger partial charge on any atom is 0.305 e. The molecule has 2 rings (SSSR count). The normalized spacial score (nSPS) is 10.7. The molecule has 1 aromatic heterocycles. The van der Waals surface area contributed by atoms with Crippen LogP contribution in [0.15, 0.2) is 23.7 Å². The van der Waals surface area contributed by atoms with Gasteiger partial charge in [0.2, 0.25) is 5.82 Å². The molecule has 0 fully saturated rings. The fourth-order valence-electron chi connectivity index (χ4n) is 1.65. The van der Waals surface area contributed by atoms with Crippen LogP contribution >= 0.6 is 11.3 Å². The molecule has 20 heavy (non-hydrogen) atoms. The number of nitrogens with zero attached hydrogens (tertiary/aromatic N) is 2. The predicted octanol–water partition coefficient (Wildman–Crippen LogP) is 2.66. The summed E-state index contributed by atoms with van der Waals surface area (Å²) in [6.07, 6.45) is 2.38. The molecule has 0 amide bonds. The van der Waals surface area contributed by atoms with E-state index in [-0.39, 0.29) is 12.1 Å². The van der Waals surface area contributed by atoms with E-state index in [0.29, 0.717) is 19.0 Å². The molecule has 0 unspecified atom stereocenters. The Hall–Kier alpha value is -1.93. The Bertz CT molecular complexity index is 605. The van der Waals surface area contributed by atoms with Crippen molar-refractivity contribution in [2.75, 3.05) is 6.54 Å². The van der Waals surface area contributed by atoms with Crippen LogP contribution in [0.1, 0.15) is 10.6 Å². The zero-order valence-electron chi connectivity index (χ0n) is 10.3. The molecule has 0 saturated heterocycles. The van der Waals surface area contributed by atoms with Crippen molar-refractivity contribution >= 4 is 17.0 Å². The van der Waals surface area contributed by atoms with Crippen molar-refractivity contribution < 1.29 is 13.7 Å². The zero-order valence-corrected chi connectivity index (χ0v) is 11.1. The van der Waals surface area contributed by atoms with E-state index in [9.17, 15) is 18.9 Å². The minimum Gasteiger partial charge on any atom is -0.312 e. The second-order valence-corrected chi connectivity index (χ2v) is 4.98. The van der Waals surface area contributed by atoms with E-state index >= 15 is 0 Å². The van der Waals surface area contributed by atoms with E-state index in [1.165, 1.54) is 11.3 Å². The summed E-state index contributed by atoms with van der Waals surface area (Å²) in [5, 5.41) is 16.3. The fourth-order valence-corrected chi connectivity index (χ4v) is 2.27. The summed E-state index contributed by atoms with van der Waals surface area (Å²) in [6.45, 7) is 0.649. The van der Waals surface area contributed by atoms with E-state index < -0.39 is 22.2 Å². The Morgan fingerprint density at radius 2 is 2.15 bits per heavy atom. The largest absolute Gasteiger partial charge is 0.312 e. The monoisotopic (exact) mass is 299 g/mol. The summed E-state index contributed by atoms with van der Waals surface area (Å²) in [5.74, 6) is -1.96. The highest BCUT2D eigenvalue weighted by atomic mass is 32.1. The van der Waals surface area contributed by atoms with Gasteiger partial charge in [0, 0.05) is 48.8 Å². The van der Waals surface area contributed by atoms with Gasteiger partial charge in [0.25, 0.3) is 0 Å². The number of hydrogen-bond acceptors (Lipinski definition) is 5. The van der Waals surface area contributed by atoms with E-state index in [1.54, 1.807) is 6.20 Å². The van der Waals surface area contributed by atoms with Crippen molar-refractivity contribution in [3.05, 3.63) is 56.0 Å². The lowest BCUT2D eigenvalue weighted by atomic mass is 10.1. The number of halogens is 2. The third-order valence-corrected chi connectivity index (χ3v) is 3.47. The number of hydrogen-bond donors (Lipinski definition) is 1. The molecule has 106 valence electrons. The van der Waals surface area contributed by atoms with Gasteiger partial charge in [0.1, 0.15) is 5.82 Å². The zero-order chi connectivity index (χ0) is 14.5. The minimum absolute atomic E-state index is 0.0669. The lowest BCUT2D eigenvalue weighted by Gasteiger charge is -2.05. The van der Waals surface area contributed by atoms with Gasteiger partial charge in [-0.2, -0.15) is 4.39 Å². The van der Waals surface area contributed by atoms with Crippen molar-refractivity contribution in [3.8, 4) is 0 Å². The van der Waals surface area contributed by atoms with Crippen molar-refractivity contribution in [1.82, 2.24) is 10.3 Å². The average Bonchev–Trinajstić information content (AvgIpc) is 2.89. The Morgan fingerprint density at radius 3 is 2.80 bits per heavy atom. The number of aromatic nitrogens is 1. The maximum absolute atomic E-state index is 13.5. The molecule has 8 heteroatoms. The maximum atomic E-state index is 13.5. The number of nitro benzene ring substituents is 1. The van der Waals surface area contributed by atoms with Gasteiger partial charge in [-0.1, -0.05) is 0 Å². The lowest BCUT2D eigenvalue weighted by molar-refractivity contribution is -0.387. The van der Waals surface area contributed by atoms with Crippen molar-refractivity contribution in [3.63, 3.8) is 0 Å². The quantitative estimate of drug-likeness (QED) is 0.506. The Balaban J connectivity index is 1.95. The molecule has 0 aliphatic heterocycles. The van der Waals surface area contributed by atoms with E-state index in [4.69, 9.17) is 0 Å². The molecule has 0 atom stereocenters. The second kappa shape index (κ2) is 6.49. The van der Waals surface area contributed by atoms with Crippen LogP contribution in [-0.2, 0) is 13.0 Å². The lowest BCUT2D eigenvalue weighted by Crippen LogP contribution is -2.17. The van der Waals surface area contributed by atoms with Gasteiger partial charge < -0.3 is 5.32 Å². The van der Waals surface area contributed by atoms with Crippen LogP contribution in [0, 0.1) is 21.7 Å². The summed E-state index contributed by atoms with van der Waals surface area (Å²) in [5.41, 5.74) is -0.652. The highest BCUT2D eigenvalue weighted by Gasteiger charge is 2.18. The van der Waals surface area contributed by atoms with E-state index in [2.05, 4.69) is 10.3 Å². The fraction of sp³-hybridized carbons (Fsp3) is 0.250. The highest BCUT2D eigenvalue weighted by Crippen LogP contribution is 2.21. The molecule has 0 bridgehead atoms. The van der Waals surface area contributed by atoms with Gasteiger partial charge in [-0.15, -0.1) is 11.3 Å². The summed E-state index contributed by atoms with van der Waals surface area (Å²) in [7, 11) is 0. The first-order valence-corrected chi connectivity index (χ1v) is 6.67. The number of benzene rings is 1. The molecule has 1 aromatic carbocycles. The predicted molar refractivity (Wildman–Crippen MR) is 70.5 cm³/mol. The minimum atomic E-state index is -1.17. The van der Waals surface area contributed by atoms with Gasteiger partial charge in [0.05, 0.1) is 9.93 Å². The van der Waals surface area contributed by atoms with Crippen molar-refractivity contribution in [2.45, 2.75) is 13.0 Å². The molecule has 0 aliphatic rings. The third-order valence-electron chi connectivity index (χ3n) is 2.63. The molecule has 2 aromatic rings.